The van der Waals surface area contributed by atoms with Crippen molar-refractivity contribution in [2.75, 3.05) is 31.1 Å². The van der Waals surface area contributed by atoms with Crippen LogP contribution in [0.5, 0.6) is 0 Å². The molecule has 7 heteroatoms. The first-order valence-electron chi connectivity index (χ1n) is 9.85. The van der Waals surface area contributed by atoms with Gasteiger partial charge in [-0.1, -0.05) is 5.16 Å². The molecule has 0 N–H and O–H groups in total. The molecule has 3 heterocycles. The van der Waals surface area contributed by atoms with Crippen molar-refractivity contribution in [3.63, 3.8) is 0 Å². The summed E-state index contributed by atoms with van der Waals surface area (Å²) in [6, 6.07) is 2.40. The van der Waals surface area contributed by atoms with Crippen LogP contribution >= 0.6 is 0 Å². The summed E-state index contributed by atoms with van der Waals surface area (Å²) >= 11 is 0. The molecule has 138 valence electrons. The fraction of sp³-hybridized carbons (Fsp3) is 0.684. The van der Waals surface area contributed by atoms with Gasteiger partial charge in [0.05, 0.1) is 6.04 Å². The maximum absolute atomic E-state index is 5.35. The largest absolute Gasteiger partial charge is 0.354 e. The molecule has 5 rings (SSSR count). The molecule has 7 nitrogen and oxygen atoms in total. The van der Waals surface area contributed by atoms with Crippen molar-refractivity contribution >= 4 is 5.82 Å². The van der Waals surface area contributed by atoms with E-state index in [-0.39, 0.29) is 6.04 Å². The molecule has 2 aromatic heterocycles. The smallest absolute Gasteiger partial charge is 0.243 e. The van der Waals surface area contributed by atoms with Crippen LogP contribution in [0.4, 0.5) is 5.82 Å². The summed E-state index contributed by atoms with van der Waals surface area (Å²) in [5.41, 5.74) is 1.27. The zero-order chi connectivity index (χ0) is 17.7. The average Bonchev–Trinajstić information content (AvgIpc) is 3.58. The van der Waals surface area contributed by atoms with E-state index in [0.29, 0.717) is 23.6 Å². The first-order chi connectivity index (χ1) is 12.7. The molecule has 3 fully saturated rings. The average molecular weight is 354 g/mol. The highest BCUT2D eigenvalue weighted by Gasteiger charge is 2.32. The molecule has 2 aromatic rings. The molecule has 2 saturated carbocycles. The molecule has 1 atom stereocenters. The van der Waals surface area contributed by atoms with Gasteiger partial charge in [-0.2, -0.15) is 4.98 Å². The maximum Gasteiger partial charge on any atom is 0.243 e. The van der Waals surface area contributed by atoms with Crippen molar-refractivity contribution in [1.82, 2.24) is 25.0 Å². The van der Waals surface area contributed by atoms with Gasteiger partial charge in [-0.3, -0.25) is 4.90 Å². The molecule has 26 heavy (non-hydrogen) atoms. The van der Waals surface area contributed by atoms with E-state index in [2.05, 4.69) is 32.9 Å². The molecule has 0 bridgehead atoms. The Kier molecular flexibility index (Phi) is 3.92. The van der Waals surface area contributed by atoms with E-state index in [0.717, 1.165) is 37.8 Å². The van der Waals surface area contributed by atoms with Crippen molar-refractivity contribution in [1.29, 1.82) is 0 Å². The van der Waals surface area contributed by atoms with E-state index in [1.54, 1.807) is 0 Å². The Morgan fingerprint density at radius 3 is 2.35 bits per heavy atom. The highest BCUT2D eigenvalue weighted by atomic mass is 16.5. The van der Waals surface area contributed by atoms with Crippen LogP contribution < -0.4 is 4.90 Å². The third-order valence-electron chi connectivity index (χ3n) is 5.77. The van der Waals surface area contributed by atoms with Crippen LogP contribution in [0.3, 0.4) is 0 Å². The number of aromatic nitrogens is 4. The van der Waals surface area contributed by atoms with Gasteiger partial charge in [0.15, 0.2) is 5.82 Å². The van der Waals surface area contributed by atoms with Crippen molar-refractivity contribution < 1.29 is 4.52 Å². The lowest BCUT2D eigenvalue weighted by atomic mass is 10.2. The van der Waals surface area contributed by atoms with Crippen molar-refractivity contribution in [3.05, 3.63) is 29.3 Å². The summed E-state index contributed by atoms with van der Waals surface area (Å²) in [5.74, 6) is 4.91. The summed E-state index contributed by atoms with van der Waals surface area (Å²) in [6.07, 6.45) is 5.08. The van der Waals surface area contributed by atoms with E-state index >= 15 is 0 Å². The lowest BCUT2D eigenvalue weighted by Gasteiger charge is -2.37. The Balaban J connectivity index is 1.29. The topological polar surface area (TPSA) is 71.2 Å². The lowest BCUT2D eigenvalue weighted by Crippen LogP contribution is -2.47. The Morgan fingerprint density at radius 1 is 1.00 bits per heavy atom. The second kappa shape index (κ2) is 6.30. The minimum atomic E-state index is 0.160. The fourth-order valence-electron chi connectivity index (χ4n) is 3.72. The predicted molar refractivity (Wildman–Crippen MR) is 97.2 cm³/mol. The molecule has 0 spiro atoms. The monoisotopic (exact) mass is 354 g/mol. The Bertz CT molecular complexity index is 759. The normalized spacial score (nSPS) is 22.6. The lowest BCUT2D eigenvalue weighted by molar-refractivity contribution is 0.164. The Hall–Kier alpha value is -2.02. The first kappa shape index (κ1) is 16.2. The van der Waals surface area contributed by atoms with Gasteiger partial charge in [0.1, 0.15) is 11.6 Å². The van der Waals surface area contributed by atoms with Gasteiger partial charge in [0, 0.05) is 49.8 Å². The van der Waals surface area contributed by atoms with E-state index in [9.17, 15) is 0 Å². The first-order valence-corrected chi connectivity index (χ1v) is 9.85. The van der Waals surface area contributed by atoms with Gasteiger partial charge >= 0.3 is 0 Å². The van der Waals surface area contributed by atoms with Crippen LogP contribution in [-0.2, 0) is 0 Å². The molecular formula is C19H26N6O. The third kappa shape index (κ3) is 3.20. The predicted octanol–water partition coefficient (Wildman–Crippen LogP) is 2.81. The molecule has 0 unspecified atom stereocenters. The zero-order valence-electron chi connectivity index (χ0n) is 15.6. The molecule has 0 radical (unpaired) electrons. The summed E-state index contributed by atoms with van der Waals surface area (Å²) in [7, 11) is 0. The zero-order valence-corrected chi connectivity index (χ0v) is 15.6. The molecule has 0 aromatic carbocycles. The quantitative estimate of drug-likeness (QED) is 0.817. The van der Waals surface area contributed by atoms with Gasteiger partial charge in [-0.25, -0.2) is 9.97 Å². The summed E-state index contributed by atoms with van der Waals surface area (Å²) < 4.78 is 5.35. The highest BCUT2D eigenvalue weighted by molar-refractivity contribution is 5.43. The molecule has 1 aliphatic heterocycles. The minimum absolute atomic E-state index is 0.160. The van der Waals surface area contributed by atoms with Crippen LogP contribution in [0.1, 0.15) is 73.7 Å². The maximum atomic E-state index is 5.35. The molecule has 0 amide bonds. The number of piperazine rings is 1. The van der Waals surface area contributed by atoms with Gasteiger partial charge in [-0.15, -0.1) is 0 Å². The third-order valence-corrected chi connectivity index (χ3v) is 5.77. The summed E-state index contributed by atoms with van der Waals surface area (Å²) in [4.78, 5) is 19.0. The molecule has 3 aliphatic rings. The van der Waals surface area contributed by atoms with Crippen molar-refractivity contribution in [2.45, 2.75) is 57.4 Å². The summed E-state index contributed by atoms with van der Waals surface area (Å²) in [5, 5.41) is 3.92. The molecular weight excluding hydrogens is 328 g/mol. The Morgan fingerprint density at radius 2 is 1.73 bits per heavy atom. The van der Waals surface area contributed by atoms with Gasteiger partial charge in [0.25, 0.3) is 0 Å². The van der Waals surface area contributed by atoms with Crippen molar-refractivity contribution in [2.24, 2.45) is 0 Å². The SMILES string of the molecule is Cc1noc([C@@H](C)N2CCN(c3cc(C4CC4)nc(C4CC4)n3)CC2)n1. The van der Waals surface area contributed by atoms with Crippen LogP contribution in [0.25, 0.3) is 0 Å². The van der Waals surface area contributed by atoms with Crippen LogP contribution in [-0.4, -0.2) is 51.2 Å². The number of hydrogen-bond acceptors (Lipinski definition) is 7. The van der Waals surface area contributed by atoms with Crippen LogP contribution in [0, 0.1) is 6.92 Å². The second-order valence-electron chi connectivity index (χ2n) is 7.94. The Labute approximate surface area is 153 Å². The van der Waals surface area contributed by atoms with E-state index < -0.39 is 0 Å². The van der Waals surface area contributed by atoms with Gasteiger partial charge in [0.2, 0.25) is 5.89 Å². The fourth-order valence-corrected chi connectivity index (χ4v) is 3.72. The van der Waals surface area contributed by atoms with Crippen molar-refractivity contribution in [3.8, 4) is 0 Å². The standard InChI is InChI=1S/C19H26N6O/c1-12(19-20-13(2)23-26-19)24-7-9-25(10-8-24)17-11-16(14-3-4-14)21-18(22-17)15-5-6-15/h11-12,14-15H,3-10H2,1-2H3/t12-/m1/s1. The van der Waals surface area contributed by atoms with E-state index in [1.807, 2.05) is 6.92 Å². The molecule has 2 aliphatic carbocycles. The number of nitrogens with zero attached hydrogens (tertiary/aromatic N) is 6. The molecule has 1 saturated heterocycles. The van der Waals surface area contributed by atoms with Crippen LogP contribution in [0.2, 0.25) is 0 Å². The van der Waals surface area contributed by atoms with Gasteiger partial charge < -0.3 is 9.42 Å². The van der Waals surface area contributed by atoms with E-state index in [1.165, 1.54) is 31.4 Å². The minimum Gasteiger partial charge on any atom is -0.354 e. The summed E-state index contributed by atoms with van der Waals surface area (Å²) in [6.45, 7) is 7.91. The second-order valence-corrected chi connectivity index (χ2v) is 7.94. The van der Waals surface area contributed by atoms with Crippen LogP contribution in [0.15, 0.2) is 10.6 Å². The highest BCUT2D eigenvalue weighted by Crippen LogP contribution is 2.43. The number of hydrogen-bond donors (Lipinski definition) is 0. The number of rotatable bonds is 5. The number of aryl methyl sites for hydroxylation is 1. The van der Waals surface area contributed by atoms with E-state index in [4.69, 9.17) is 14.5 Å². The number of anilines is 1. The van der Waals surface area contributed by atoms with Gasteiger partial charge in [-0.05, 0) is 39.5 Å².